The first-order valence-electron chi connectivity index (χ1n) is 5.28. The Hall–Kier alpha value is 0.01000. The van der Waals surface area contributed by atoms with E-state index < -0.39 is 0 Å². The highest BCUT2D eigenvalue weighted by atomic mass is 79.9. The molecule has 1 rings (SSSR count). The van der Waals surface area contributed by atoms with E-state index in [0.717, 1.165) is 0 Å². The van der Waals surface area contributed by atoms with E-state index in [9.17, 15) is 0 Å². The standard InChI is InChI=1S/C12H18BrNS/c1-4-7-15-10-5-6-11(9(2)14-3)12(13)8-10/h5-6,8-9,14H,4,7H2,1-3H3. The second-order valence-corrected chi connectivity index (χ2v) is 5.56. The van der Waals surface area contributed by atoms with Crippen LogP contribution < -0.4 is 5.32 Å². The molecule has 1 nitrogen and oxygen atoms in total. The fraction of sp³-hybridized carbons (Fsp3) is 0.500. The van der Waals surface area contributed by atoms with Gasteiger partial charge >= 0.3 is 0 Å². The molecule has 0 saturated heterocycles. The van der Waals surface area contributed by atoms with Crippen LogP contribution >= 0.6 is 27.7 Å². The Morgan fingerprint density at radius 1 is 1.47 bits per heavy atom. The Kier molecular flexibility index (Phi) is 5.72. The van der Waals surface area contributed by atoms with E-state index in [2.05, 4.69) is 53.3 Å². The lowest BCUT2D eigenvalue weighted by Crippen LogP contribution is -2.12. The number of benzene rings is 1. The molecule has 0 heterocycles. The molecule has 0 amide bonds. The maximum absolute atomic E-state index is 3.63. The van der Waals surface area contributed by atoms with Crippen LogP contribution in [0.3, 0.4) is 0 Å². The van der Waals surface area contributed by atoms with Crippen LogP contribution in [0, 0.1) is 0 Å². The summed E-state index contributed by atoms with van der Waals surface area (Å²) >= 11 is 5.54. The van der Waals surface area contributed by atoms with Gasteiger partial charge < -0.3 is 5.32 Å². The third-order valence-corrected chi connectivity index (χ3v) is 4.23. The zero-order valence-corrected chi connectivity index (χ0v) is 11.9. The molecule has 0 fully saturated rings. The summed E-state index contributed by atoms with van der Waals surface area (Å²) in [5, 5.41) is 3.25. The van der Waals surface area contributed by atoms with Gasteiger partial charge in [-0.3, -0.25) is 0 Å². The van der Waals surface area contributed by atoms with Gasteiger partial charge in [-0.15, -0.1) is 11.8 Å². The molecule has 0 aliphatic heterocycles. The fourth-order valence-electron chi connectivity index (χ4n) is 1.32. The summed E-state index contributed by atoms with van der Waals surface area (Å²) in [6.07, 6.45) is 1.22. The van der Waals surface area contributed by atoms with Crippen molar-refractivity contribution in [2.75, 3.05) is 12.8 Å². The topological polar surface area (TPSA) is 12.0 Å². The monoisotopic (exact) mass is 287 g/mol. The van der Waals surface area contributed by atoms with Crippen molar-refractivity contribution in [1.29, 1.82) is 0 Å². The number of hydrogen-bond acceptors (Lipinski definition) is 2. The first kappa shape index (κ1) is 13.1. The van der Waals surface area contributed by atoms with E-state index in [-0.39, 0.29) is 0 Å². The van der Waals surface area contributed by atoms with Gasteiger partial charge in [-0.25, -0.2) is 0 Å². The van der Waals surface area contributed by atoms with Crippen molar-refractivity contribution in [3.8, 4) is 0 Å². The molecule has 1 atom stereocenters. The number of halogens is 1. The van der Waals surface area contributed by atoms with E-state index in [4.69, 9.17) is 0 Å². The molecule has 1 unspecified atom stereocenters. The first-order valence-corrected chi connectivity index (χ1v) is 7.06. The van der Waals surface area contributed by atoms with Gasteiger partial charge in [-0.2, -0.15) is 0 Å². The van der Waals surface area contributed by atoms with Gasteiger partial charge in [-0.1, -0.05) is 28.9 Å². The van der Waals surface area contributed by atoms with Crippen molar-refractivity contribution in [3.63, 3.8) is 0 Å². The molecule has 0 aromatic heterocycles. The smallest absolute Gasteiger partial charge is 0.0300 e. The molecule has 15 heavy (non-hydrogen) atoms. The number of nitrogens with one attached hydrogen (secondary N) is 1. The minimum absolute atomic E-state index is 0.393. The number of rotatable bonds is 5. The van der Waals surface area contributed by atoms with Crippen molar-refractivity contribution >= 4 is 27.7 Å². The van der Waals surface area contributed by atoms with Crippen LogP contribution in [0.2, 0.25) is 0 Å². The van der Waals surface area contributed by atoms with Crippen LogP contribution in [0.25, 0.3) is 0 Å². The Morgan fingerprint density at radius 3 is 2.73 bits per heavy atom. The summed E-state index contributed by atoms with van der Waals surface area (Å²) < 4.78 is 1.20. The number of hydrogen-bond donors (Lipinski definition) is 1. The SMILES string of the molecule is CCCSc1ccc(C(C)NC)c(Br)c1. The highest BCUT2D eigenvalue weighted by Gasteiger charge is 2.07. The lowest BCUT2D eigenvalue weighted by atomic mass is 10.1. The highest BCUT2D eigenvalue weighted by Crippen LogP contribution is 2.28. The lowest BCUT2D eigenvalue weighted by Gasteiger charge is -2.13. The van der Waals surface area contributed by atoms with E-state index in [0.29, 0.717) is 6.04 Å². The molecule has 1 aromatic rings. The lowest BCUT2D eigenvalue weighted by molar-refractivity contribution is 0.649. The van der Waals surface area contributed by atoms with Crippen LogP contribution in [0.15, 0.2) is 27.6 Å². The van der Waals surface area contributed by atoms with Gasteiger partial charge in [0.05, 0.1) is 0 Å². The molecule has 84 valence electrons. The molecule has 0 saturated carbocycles. The second kappa shape index (κ2) is 6.56. The zero-order valence-electron chi connectivity index (χ0n) is 9.51. The molecule has 0 bridgehead atoms. The minimum Gasteiger partial charge on any atom is -0.313 e. The summed E-state index contributed by atoms with van der Waals surface area (Å²) in [4.78, 5) is 1.34. The average molecular weight is 288 g/mol. The quantitative estimate of drug-likeness (QED) is 0.814. The fourth-order valence-corrected chi connectivity index (χ4v) is 3.00. The third-order valence-electron chi connectivity index (χ3n) is 2.34. The number of thioether (sulfide) groups is 1. The van der Waals surface area contributed by atoms with Crippen LogP contribution in [-0.4, -0.2) is 12.8 Å². The molecule has 0 aliphatic rings. The molecule has 0 spiro atoms. The van der Waals surface area contributed by atoms with Gasteiger partial charge in [0.2, 0.25) is 0 Å². The van der Waals surface area contributed by atoms with E-state index in [1.165, 1.54) is 27.1 Å². The summed E-state index contributed by atoms with van der Waals surface area (Å²) in [6.45, 7) is 4.37. The zero-order chi connectivity index (χ0) is 11.3. The maximum Gasteiger partial charge on any atom is 0.0300 e. The normalized spacial score (nSPS) is 12.8. The predicted octanol–water partition coefficient (Wildman–Crippen LogP) is 4.23. The first-order chi connectivity index (χ1) is 7.19. The van der Waals surface area contributed by atoms with Crippen molar-refractivity contribution in [3.05, 3.63) is 28.2 Å². The van der Waals surface area contributed by atoms with Crippen LogP contribution in [0.4, 0.5) is 0 Å². The molecular formula is C12H18BrNS. The largest absolute Gasteiger partial charge is 0.313 e. The van der Waals surface area contributed by atoms with Crippen LogP contribution in [0.5, 0.6) is 0 Å². The molecule has 0 radical (unpaired) electrons. The van der Waals surface area contributed by atoms with E-state index in [1.54, 1.807) is 0 Å². The Labute approximate surface area is 105 Å². The van der Waals surface area contributed by atoms with Crippen LogP contribution in [-0.2, 0) is 0 Å². The van der Waals surface area contributed by atoms with Gasteiger partial charge in [0.15, 0.2) is 0 Å². The molecule has 1 aromatic carbocycles. The van der Waals surface area contributed by atoms with Gasteiger partial charge in [0.1, 0.15) is 0 Å². The van der Waals surface area contributed by atoms with Crippen LogP contribution in [0.1, 0.15) is 31.9 Å². The predicted molar refractivity (Wildman–Crippen MR) is 72.6 cm³/mol. The van der Waals surface area contributed by atoms with Crippen molar-refractivity contribution in [2.24, 2.45) is 0 Å². The van der Waals surface area contributed by atoms with Crippen molar-refractivity contribution < 1.29 is 0 Å². The Bertz CT molecular complexity index is 314. The van der Waals surface area contributed by atoms with Gasteiger partial charge in [0, 0.05) is 15.4 Å². The van der Waals surface area contributed by atoms with E-state index >= 15 is 0 Å². The Morgan fingerprint density at radius 2 is 2.20 bits per heavy atom. The van der Waals surface area contributed by atoms with Crippen molar-refractivity contribution in [2.45, 2.75) is 31.2 Å². The summed E-state index contributed by atoms with van der Waals surface area (Å²) in [6, 6.07) is 7.01. The summed E-state index contributed by atoms with van der Waals surface area (Å²) in [7, 11) is 1.98. The Balaban J connectivity index is 2.78. The van der Waals surface area contributed by atoms with Crippen molar-refractivity contribution in [1.82, 2.24) is 5.32 Å². The average Bonchev–Trinajstić information content (AvgIpc) is 2.25. The van der Waals surface area contributed by atoms with Gasteiger partial charge in [-0.05, 0) is 43.8 Å². The maximum atomic E-state index is 3.63. The summed E-state index contributed by atoms with van der Waals surface area (Å²) in [5.74, 6) is 1.19. The minimum atomic E-state index is 0.393. The van der Waals surface area contributed by atoms with E-state index in [1.807, 2.05) is 18.8 Å². The molecule has 3 heteroatoms. The molecular weight excluding hydrogens is 270 g/mol. The van der Waals surface area contributed by atoms with Gasteiger partial charge in [0.25, 0.3) is 0 Å². The molecule has 0 aliphatic carbocycles. The summed E-state index contributed by atoms with van der Waals surface area (Å²) in [5.41, 5.74) is 1.32. The third kappa shape index (κ3) is 3.82. The highest BCUT2D eigenvalue weighted by molar-refractivity contribution is 9.10. The molecule has 1 N–H and O–H groups in total. The second-order valence-electron chi connectivity index (χ2n) is 3.54.